The number of hydrogen-bond acceptors (Lipinski definition) is 6. The van der Waals surface area contributed by atoms with Gasteiger partial charge in [0.25, 0.3) is 15.9 Å². The van der Waals surface area contributed by atoms with E-state index >= 15 is 0 Å². The van der Waals surface area contributed by atoms with E-state index < -0.39 is 21.7 Å². The summed E-state index contributed by atoms with van der Waals surface area (Å²) in [5.41, 5.74) is 0.372. The molecule has 1 aliphatic rings. The zero-order chi connectivity index (χ0) is 23.4. The summed E-state index contributed by atoms with van der Waals surface area (Å²) in [5.74, 6) is -1.51. The molecule has 174 valence electrons. The van der Waals surface area contributed by atoms with Gasteiger partial charge in [0.2, 0.25) is 0 Å². The van der Waals surface area contributed by atoms with Gasteiger partial charge >= 0.3 is 0 Å². The van der Waals surface area contributed by atoms with E-state index in [4.69, 9.17) is 4.74 Å². The smallest absolute Gasteiger partial charge is 0.263 e. The Bertz CT molecular complexity index is 1200. The lowest BCUT2D eigenvalue weighted by Gasteiger charge is -2.32. The Labute approximate surface area is 194 Å². The molecule has 11 heteroatoms. The Morgan fingerprint density at radius 3 is 2.58 bits per heavy atom. The molecule has 1 saturated heterocycles. The molecule has 1 fully saturated rings. The second-order valence-corrected chi connectivity index (χ2v) is 10.2. The standard InChI is InChI=1S/C22H21F2N3O4S2/c23-17-10-18(24)12-19(11-17)31-14-15-2-1-8-27(13-15)21(28)16-3-5-20(6-4-16)33(29,30)26-22-25-7-9-32-22/h3-7,9-12,15H,1-2,8,13-14H2,(H,25,26). The van der Waals surface area contributed by atoms with Gasteiger partial charge in [0.05, 0.1) is 11.5 Å². The zero-order valence-corrected chi connectivity index (χ0v) is 19.0. The molecule has 7 nitrogen and oxygen atoms in total. The van der Waals surface area contributed by atoms with E-state index in [1.807, 2.05) is 0 Å². The van der Waals surface area contributed by atoms with Crippen LogP contribution < -0.4 is 9.46 Å². The number of nitrogens with zero attached hydrogens (tertiary/aromatic N) is 2. The van der Waals surface area contributed by atoms with Gasteiger partial charge in [-0.3, -0.25) is 9.52 Å². The van der Waals surface area contributed by atoms with E-state index in [-0.39, 0.29) is 34.2 Å². The van der Waals surface area contributed by atoms with Gasteiger partial charge in [-0.05, 0) is 37.1 Å². The first-order valence-corrected chi connectivity index (χ1v) is 12.6. The largest absolute Gasteiger partial charge is 0.493 e. The number of hydrogen-bond donors (Lipinski definition) is 1. The van der Waals surface area contributed by atoms with Gasteiger partial charge in [-0.25, -0.2) is 22.2 Å². The number of aromatic nitrogens is 1. The fraction of sp³-hybridized carbons (Fsp3) is 0.273. The van der Waals surface area contributed by atoms with Crippen molar-refractivity contribution in [3.63, 3.8) is 0 Å². The van der Waals surface area contributed by atoms with Crippen molar-refractivity contribution in [3.8, 4) is 5.75 Å². The highest BCUT2D eigenvalue weighted by molar-refractivity contribution is 7.93. The van der Waals surface area contributed by atoms with Crippen LogP contribution in [0.25, 0.3) is 0 Å². The van der Waals surface area contributed by atoms with Gasteiger partial charge < -0.3 is 9.64 Å². The van der Waals surface area contributed by atoms with Crippen LogP contribution in [0.1, 0.15) is 23.2 Å². The molecule has 2 heterocycles. The average Bonchev–Trinajstić information content (AvgIpc) is 3.29. The predicted octanol–water partition coefficient (Wildman–Crippen LogP) is 4.15. The van der Waals surface area contributed by atoms with Crippen LogP contribution >= 0.6 is 11.3 Å². The summed E-state index contributed by atoms with van der Waals surface area (Å²) in [7, 11) is -3.80. The summed E-state index contributed by atoms with van der Waals surface area (Å²) in [5, 5.41) is 1.92. The first kappa shape index (κ1) is 23.1. The van der Waals surface area contributed by atoms with E-state index in [0.717, 1.165) is 31.0 Å². The van der Waals surface area contributed by atoms with Crippen LogP contribution in [0.15, 0.2) is 58.9 Å². The number of carbonyl (C=O) groups excluding carboxylic acids is 1. The number of nitrogens with one attached hydrogen (secondary N) is 1. The Kier molecular flexibility index (Phi) is 6.89. The molecule has 0 radical (unpaired) electrons. The normalized spacial score (nSPS) is 16.4. The predicted molar refractivity (Wildman–Crippen MR) is 120 cm³/mol. The maximum absolute atomic E-state index is 13.3. The van der Waals surface area contributed by atoms with Crippen LogP contribution in [0.5, 0.6) is 5.75 Å². The van der Waals surface area contributed by atoms with Gasteiger partial charge in [-0.15, -0.1) is 11.3 Å². The Morgan fingerprint density at radius 1 is 1.18 bits per heavy atom. The molecule has 0 bridgehead atoms. The van der Waals surface area contributed by atoms with E-state index in [1.165, 1.54) is 41.8 Å². The third-order valence-electron chi connectivity index (χ3n) is 5.19. The number of likely N-dealkylation sites (tertiary alicyclic amines) is 1. The van der Waals surface area contributed by atoms with Crippen molar-refractivity contribution in [3.05, 3.63) is 71.2 Å². The summed E-state index contributed by atoms with van der Waals surface area (Å²) in [4.78, 5) is 18.6. The fourth-order valence-corrected chi connectivity index (χ4v) is 5.41. The highest BCUT2D eigenvalue weighted by Gasteiger charge is 2.25. The molecule has 33 heavy (non-hydrogen) atoms. The van der Waals surface area contributed by atoms with Crippen LogP contribution in [0.4, 0.5) is 13.9 Å². The topological polar surface area (TPSA) is 88.6 Å². The number of amides is 1. The van der Waals surface area contributed by atoms with Crippen molar-refractivity contribution in [1.29, 1.82) is 0 Å². The third kappa shape index (κ3) is 5.85. The monoisotopic (exact) mass is 493 g/mol. The van der Waals surface area contributed by atoms with Crippen LogP contribution in [-0.4, -0.2) is 43.9 Å². The zero-order valence-electron chi connectivity index (χ0n) is 17.4. The van der Waals surface area contributed by atoms with Gasteiger partial charge in [0.15, 0.2) is 5.13 Å². The highest BCUT2D eigenvalue weighted by atomic mass is 32.2. The van der Waals surface area contributed by atoms with Crippen LogP contribution in [-0.2, 0) is 10.0 Å². The van der Waals surface area contributed by atoms with E-state index in [0.29, 0.717) is 18.7 Å². The summed E-state index contributed by atoms with van der Waals surface area (Å²) < 4.78 is 59.5. The lowest BCUT2D eigenvalue weighted by molar-refractivity contribution is 0.0633. The molecule has 0 spiro atoms. The molecule has 1 aliphatic heterocycles. The third-order valence-corrected chi connectivity index (χ3v) is 7.37. The number of anilines is 1. The molecule has 1 N–H and O–H groups in total. The molecule has 2 aromatic carbocycles. The number of rotatable bonds is 7. The van der Waals surface area contributed by atoms with Gasteiger partial charge in [-0.1, -0.05) is 0 Å². The van der Waals surface area contributed by atoms with E-state index in [1.54, 1.807) is 10.3 Å². The number of sulfonamides is 1. The molecule has 3 aromatic rings. The molecule has 1 atom stereocenters. The number of piperidine rings is 1. The molecular formula is C22H21F2N3O4S2. The molecule has 0 saturated carbocycles. The average molecular weight is 494 g/mol. The maximum atomic E-state index is 13.3. The minimum absolute atomic E-state index is 0.0103. The number of ether oxygens (including phenoxy) is 1. The quantitative estimate of drug-likeness (QED) is 0.534. The fourth-order valence-electron chi connectivity index (χ4n) is 3.62. The SMILES string of the molecule is O=C(c1ccc(S(=O)(=O)Nc2nccs2)cc1)N1CCCC(COc2cc(F)cc(F)c2)C1. The van der Waals surface area contributed by atoms with Crippen LogP contribution in [0.3, 0.4) is 0 Å². The Balaban J connectivity index is 1.37. The summed E-state index contributed by atoms with van der Waals surface area (Å²) in [6.45, 7) is 1.23. The van der Waals surface area contributed by atoms with Crippen molar-refractivity contribution in [2.45, 2.75) is 17.7 Å². The second kappa shape index (κ2) is 9.84. The van der Waals surface area contributed by atoms with Gasteiger partial charge in [0.1, 0.15) is 17.4 Å². The molecule has 1 amide bonds. The van der Waals surface area contributed by atoms with E-state index in [9.17, 15) is 22.0 Å². The molecular weight excluding hydrogens is 472 g/mol. The molecule has 1 unspecified atom stereocenters. The summed E-state index contributed by atoms with van der Waals surface area (Å²) in [6, 6.07) is 8.74. The van der Waals surface area contributed by atoms with Crippen molar-refractivity contribution in [2.24, 2.45) is 5.92 Å². The minimum Gasteiger partial charge on any atom is -0.493 e. The minimum atomic E-state index is -3.80. The van der Waals surface area contributed by atoms with Crippen molar-refractivity contribution in [2.75, 3.05) is 24.4 Å². The van der Waals surface area contributed by atoms with Crippen molar-refractivity contribution in [1.82, 2.24) is 9.88 Å². The number of halogens is 2. The number of carbonyl (C=O) groups is 1. The second-order valence-electron chi connectivity index (χ2n) is 7.64. The van der Waals surface area contributed by atoms with Crippen LogP contribution in [0, 0.1) is 17.6 Å². The first-order chi connectivity index (χ1) is 15.8. The Hall–Kier alpha value is -3.05. The lowest BCUT2D eigenvalue weighted by atomic mass is 9.98. The Morgan fingerprint density at radius 2 is 1.91 bits per heavy atom. The highest BCUT2D eigenvalue weighted by Crippen LogP contribution is 2.23. The summed E-state index contributed by atoms with van der Waals surface area (Å²) in [6.07, 6.45) is 3.08. The van der Waals surface area contributed by atoms with Crippen LogP contribution in [0.2, 0.25) is 0 Å². The molecule has 4 rings (SSSR count). The van der Waals surface area contributed by atoms with Gasteiger partial charge in [0, 0.05) is 54.3 Å². The van der Waals surface area contributed by atoms with E-state index in [2.05, 4.69) is 9.71 Å². The molecule has 1 aromatic heterocycles. The maximum Gasteiger partial charge on any atom is 0.263 e. The van der Waals surface area contributed by atoms with Crippen molar-refractivity contribution >= 4 is 32.4 Å². The van der Waals surface area contributed by atoms with Crippen molar-refractivity contribution < 1.29 is 26.7 Å². The lowest BCUT2D eigenvalue weighted by Crippen LogP contribution is -2.41. The number of benzene rings is 2. The molecule has 0 aliphatic carbocycles. The first-order valence-electron chi connectivity index (χ1n) is 10.2. The number of thiazole rings is 1. The summed E-state index contributed by atoms with van der Waals surface area (Å²) >= 11 is 1.17. The van der Waals surface area contributed by atoms with Gasteiger partial charge in [-0.2, -0.15) is 0 Å².